The molecule has 2 aromatic carbocycles. The molecule has 1 N–H and O–H groups in total. The Bertz CT molecular complexity index is 640. The summed E-state index contributed by atoms with van der Waals surface area (Å²) in [6.45, 7) is 2.53. The van der Waals surface area contributed by atoms with E-state index in [1.165, 1.54) is 6.07 Å². The molecule has 0 aliphatic heterocycles. The van der Waals surface area contributed by atoms with E-state index in [0.717, 1.165) is 15.6 Å². The second kappa shape index (κ2) is 6.09. The van der Waals surface area contributed by atoms with Gasteiger partial charge in [-0.2, -0.15) is 0 Å². The van der Waals surface area contributed by atoms with Crippen LogP contribution >= 0.6 is 15.9 Å². The molecule has 0 aliphatic rings. The Morgan fingerprint density at radius 1 is 1.25 bits per heavy atom. The highest BCUT2D eigenvalue weighted by molar-refractivity contribution is 9.10. The molecule has 0 spiro atoms. The Morgan fingerprint density at radius 2 is 2.00 bits per heavy atom. The van der Waals surface area contributed by atoms with Gasteiger partial charge in [-0.05, 0) is 30.7 Å². The van der Waals surface area contributed by atoms with Crippen LogP contribution in [0.5, 0.6) is 5.75 Å². The molecule has 0 aliphatic carbocycles. The predicted molar refractivity (Wildman–Crippen MR) is 82.8 cm³/mol. The van der Waals surface area contributed by atoms with Gasteiger partial charge < -0.3 is 10.0 Å². The van der Waals surface area contributed by atoms with E-state index in [0.29, 0.717) is 12.1 Å². The molecule has 2 rings (SSSR count). The van der Waals surface area contributed by atoms with Crippen molar-refractivity contribution in [3.05, 3.63) is 63.6 Å². The minimum absolute atomic E-state index is 0.0135. The first-order chi connectivity index (χ1) is 9.47. The number of hydrogen-bond acceptors (Lipinski definition) is 2. The molecule has 4 heteroatoms. The van der Waals surface area contributed by atoms with E-state index in [1.807, 2.05) is 31.2 Å². The van der Waals surface area contributed by atoms with E-state index in [2.05, 4.69) is 15.9 Å². The number of phenols is 1. The molecular weight excluding hydrogens is 318 g/mol. The summed E-state index contributed by atoms with van der Waals surface area (Å²) in [6.07, 6.45) is 0. The molecule has 0 bridgehead atoms. The van der Waals surface area contributed by atoms with Crippen LogP contribution in [0.15, 0.2) is 46.9 Å². The summed E-state index contributed by atoms with van der Waals surface area (Å²) in [6, 6.07) is 12.9. The zero-order chi connectivity index (χ0) is 14.7. The third-order valence-corrected chi connectivity index (χ3v) is 3.53. The van der Waals surface area contributed by atoms with Crippen molar-refractivity contribution in [1.82, 2.24) is 4.90 Å². The SMILES string of the molecule is Cc1cccc(CN(C)C(=O)c2ccc(Br)cc2O)c1. The Hall–Kier alpha value is -1.81. The fourth-order valence-corrected chi connectivity index (χ4v) is 2.40. The van der Waals surface area contributed by atoms with Crippen LogP contribution in [0.2, 0.25) is 0 Å². The van der Waals surface area contributed by atoms with Crippen molar-refractivity contribution in [1.29, 1.82) is 0 Å². The maximum Gasteiger partial charge on any atom is 0.257 e. The van der Waals surface area contributed by atoms with Crippen LogP contribution < -0.4 is 0 Å². The molecule has 0 saturated heterocycles. The Morgan fingerprint density at radius 3 is 2.65 bits per heavy atom. The number of phenolic OH excluding ortho intramolecular Hbond substituents is 1. The molecule has 20 heavy (non-hydrogen) atoms. The van der Waals surface area contributed by atoms with E-state index < -0.39 is 0 Å². The summed E-state index contributed by atoms with van der Waals surface area (Å²) in [5, 5.41) is 9.84. The topological polar surface area (TPSA) is 40.5 Å². The third-order valence-electron chi connectivity index (χ3n) is 3.04. The lowest BCUT2D eigenvalue weighted by atomic mass is 10.1. The number of carbonyl (C=O) groups is 1. The number of nitrogens with zero attached hydrogens (tertiary/aromatic N) is 1. The van der Waals surface area contributed by atoms with Crippen molar-refractivity contribution < 1.29 is 9.90 Å². The van der Waals surface area contributed by atoms with Crippen LogP contribution in [0.3, 0.4) is 0 Å². The van der Waals surface area contributed by atoms with Crippen LogP contribution in [-0.2, 0) is 6.54 Å². The van der Waals surface area contributed by atoms with Gasteiger partial charge in [0.25, 0.3) is 5.91 Å². The van der Waals surface area contributed by atoms with Crippen LogP contribution in [0.4, 0.5) is 0 Å². The highest BCUT2D eigenvalue weighted by Crippen LogP contribution is 2.23. The largest absolute Gasteiger partial charge is 0.507 e. The first-order valence-electron chi connectivity index (χ1n) is 6.27. The van der Waals surface area contributed by atoms with Gasteiger partial charge in [0.05, 0.1) is 5.56 Å². The lowest BCUT2D eigenvalue weighted by molar-refractivity contribution is 0.0782. The van der Waals surface area contributed by atoms with E-state index in [-0.39, 0.29) is 11.7 Å². The molecule has 0 heterocycles. The van der Waals surface area contributed by atoms with Crippen LogP contribution in [-0.4, -0.2) is 23.0 Å². The monoisotopic (exact) mass is 333 g/mol. The average molecular weight is 334 g/mol. The quantitative estimate of drug-likeness (QED) is 0.929. The zero-order valence-electron chi connectivity index (χ0n) is 11.4. The van der Waals surface area contributed by atoms with Gasteiger partial charge in [-0.1, -0.05) is 45.8 Å². The predicted octanol–water partition coefficient (Wildman–Crippen LogP) is 3.74. The molecular formula is C16H16BrNO2. The molecule has 0 saturated carbocycles. The number of benzene rings is 2. The smallest absolute Gasteiger partial charge is 0.257 e. The van der Waals surface area contributed by atoms with Crippen LogP contribution in [0.25, 0.3) is 0 Å². The highest BCUT2D eigenvalue weighted by Gasteiger charge is 2.16. The van der Waals surface area contributed by atoms with Gasteiger partial charge in [-0.3, -0.25) is 4.79 Å². The van der Waals surface area contributed by atoms with Gasteiger partial charge in [0.2, 0.25) is 0 Å². The van der Waals surface area contributed by atoms with Gasteiger partial charge in [0, 0.05) is 18.1 Å². The molecule has 0 aromatic heterocycles. The summed E-state index contributed by atoms with van der Waals surface area (Å²) >= 11 is 3.26. The van der Waals surface area contributed by atoms with E-state index >= 15 is 0 Å². The van der Waals surface area contributed by atoms with Gasteiger partial charge in [0.1, 0.15) is 5.75 Å². The molecule has 104 valence electrons. The standard InChI is InChI=1S/C16H16BrNO2/c1-11-4-3-5-12(8-11)10-18(2)16(20)14-7-6-13(17)9-15(14)19/h3-9,19H,10H2,1-2H3. The molecule has 0 atom stereocenters. The van der Waals surface area contributed by atoms with E-state index in [4.69, 9.17) is 0 Å². The molecule has 0 fully saturated rings. The van der Waals surface area contributed by atoms with Crippen molar-refractivity contribution in [3.8, 4) is 5.75 Å². The number of aromatic hydroxyl groups is 1. The summed E-state index contributed by atoms with van der Waals surface area (Å²) in [4.78, 5) is 13.9. The van der Waals surface area contributed by atoms with Crippen LogP contribution in [0, 0.1) is 6.92 Å². The van der Waals surface area contributed by atoms with Crippen molar-refractivity contribution in [2.75, 3.05) is 7.05 Å². The van der Waals surface area contributed by atoms with Crippen LogP contribution in [0.1, 0.15) is 21.5 Å². The summed E-state index contributed by atoms with van der Waals surface area (Å²) < 4.78 is 0.743. The maximum absolute atomic E-state index is 12.3. The minimum atomic E-state index is -0.198. The van der Waals surface area contributed by atoms with Crippen molar-refractivity contribution in [3.63, 3.8) is 0 Å². The first-order valence-corrected chi connectivity index (χ1v) is 7.06. The van der Waals surface area contributed by atoms with Crippen molar-refractivity contribution in [2.24, 2.45) is 0 Å². The number of aryl methyl sites for hydroxylation is 1. The normalized spacial score (nSPS) is 10.3. The molecule has 3 nitrogen and oxygen atoms in total. The van der Waals surface area contributed by atoms with Gasteiger partial charge in [-0.15, -0.1) is 0 Å². The van der Waals surface area contributed by atoms with Gasteiger partial charge in [0.15, 0.2) is 0 Å². The number of halogens is 1. The molecule has 0 unspecified atom stereocenters. The fourth-order valence-electron chi connectivity index (χ4n) is 2.05. The minimum Gasteiger partial charge on any atom is -0.507 e. The summed E-state index contributed by atoms with van der Waals surface area (Å²) in [5.41, 5.74) is 2.54. The van der Waals surface area contributed by atoms with E-state index in [9.17, 15) is 9.90 Å². The fraction of sp³-hybridized carbons (Fsp3) is 0.188. The second-order valence-electron chi connectivity index (χ2n) is 4.81. The number of hydrogen-bond donors (Lipinski definition) is 1. The summed E-state index contributed by atoms with van der Waals surface area (Å²) in [7, 11) is 1.73. The first kappa shape index (κ1) is 14.6. The zero-order valence-corrected chi connectivity index (χ0v) is 13.0. The number of amides is 1. The maximum atomic E-state index is 12.3. The number of rotatable bonds is 3. The van der Waals surface area contributed by atoms with Gasteiger partial charge in [-0.25, -0.2) is 0 Å². The van der Waals surface area contributed by atoms with Gasteiger partial charge >= 0.3 is 0 Å². The Labute approximate surface area is 127 Å². The van der Waals surface area contributed by atoms with Crippen molar-refractivity contribution >= 4 is 21.8 Å². The summed E-state index contributed by atoms with van der Waals surface area (Å²) in [5.74, 6) is -0.211. The lowest BCUT2D eigenvalue weighted by Crippen LogP contribution is -2.26. The molecule has 0 radical (unpaired) electrons. The molecule has 1 amide bonds. The van der Waals surface area contributed by atoms with Crippen molar-refractivity contribution in [2.45, 2.75) is 13.5 Å². The lowest BCUT2D eigenvalue weighted by Gasteiger charge is -2.18. The molecule has 2 aromatic rings. The second-order valence-corrected chi connectivity index (χ2v) is 5.73. The number of carbonyl (C=O) groups excluding carboxylic acids is 1. The Balaban J connectivity index is 2.16. The average Bonchev–Trinajstić information content (AvgIpc) is 2.38. The van der Waals surface area contributed by atoms with E-state index in [1.54, 1.807) is 24.1 Å². The highest BCUT2D eigenvalue weighted by atomic mass is 79.9. The Kier molecular flexibility index (Phi) is 4.45. The third kappa shape index (κ3) is 3.39.